The van der Waals surface area contributed by atoms with E-state index in [0.717, 1.165) is 36.4 Å². The third kappa shape index (κ3) is 5.46. The number of nitrogens with one attached hydrogen (secondary N) is 1. The average molecular weight is 293 g/mol. The molecule has 0 aliphatic carbocycles. The number of rotatable bonds is 2. The van der Waals surface area contributed by atoms with Crippen molar-refractivity contribution in [2.45, 2.75) is 6.42 Å². The Morgan fingerprint density at radius 2 is 1.94 bits per heavy atom. The Hall–Kier alpha value is -1.15. The van der Waals surface area contributed by atoms with E-state index in [4.69, 9.17) is 16.2 Å². The van der Waals surface area contributed by atoms with Gasteiger partial charge in [-0.25, -0.2) is 0 Å². The van der Waals surface area contributed by atoms with E-state index in [0.29, 0.717) is 0 Å². The third-order valence-electron chi connectivity index (χ3n) is 2.08. The van der Waals surface area contributed by atoms with Crippen LogP contribution in [0.15, 0.2) is 29.4 Å². The molecule has 1 aliphatic rings. The topological polar surface area (TPSA) is 88.0 Å². The van der Waals surface area contributed by atoms with Gasteiger partial charge in [-0.05, 0) is 17.7 Å². The van der Waals surface area contributed by atoms with Crippen LogP contribution in [0.1, 0.15) is 12.0 Å². The second-order valence-corrected chi connectivity index (χ2v) is 4.94. The van der Waals surface area contributed by atoms with Crippen molar-refractivity contribution >= 4 is 27.7 Å². The standard InChI is InChI=1S/C9H9ClN2.CH4O4S/c10-8-3-1-7(2-4-8)9-5-6-11-12-9;1-5-6(2,3)4/h1-4,11H,5-6H2;1H3,(H,2,3,4). The van der Waals surface area contributed by atoms with Crippen molar-refractivity contribution in [3.63, 3.8) is 0 Å². The lowest BCUT2D eigenvalue weighted by Crippen LogP contribution is -1.97. The number of benzene rings is 1. The second-order valence-electron chi connectivity index (χ2n) is 3.32. The van der Waals surface area contributed by atoms with E-state index >= 15 is 0 Å². The van der Waals surface area contributed by atoms with Crippen molar-refractivity contribution < 1.29 is 17.2 Å². The van der Waals surface area contributed by atoms with Crippen molar-refractivity contribution in [3.8, 4) is 0 Å². The molecule has 1 heterocycles. The molecule has 100 valence electrons. The highest BCUT2D eigenvalue weighted by Crippen LogP contribution is 2.12. The predicted molar refractivity (Wildman–Crippen MR) is 69.2 cm³/mol. The van der Waals surface area contributed by atoms with E-state index in [-0.39, 0.29) is 0 Å². The van der Waals surface area contributed by atoms with Crippen molar-refractivity contribution in [2.75, 3.05) is 13.7 Å². The van der Waals surface area contributed by atoms with Crippen LogP contribution < -0.4 is 5.43 Å². The number of hydrogen-bond donors (Lipinski definition) is 2. The van der Waals surface area contributed by atoms with Gasteiger partial charge in [0.25, 0.3) is 0 Å². The zero-order valence-electron chi connectivity index (χ0n) is 9.63. The van der Waals surface area contributed by atoms with E-state index in [1.807, 2.05) is 24.3 Å². The van der Waals surface area contributed by atoms with Gasteiger partial charge >= 0.3 is 10.4 Å². The van der Waals surface area contributed by atoms with Crippen molar-refractivity contribution in [1.29, 1.82) is 0 Å². The number of hydrogen-bond acceptors (Lipinski definition) is 5. The van der Waals surface area contributed by atoms with Gasteiger partial charge < -0.3 is 5.43 Å². The molecule has 0 saturated carbocycles. The highest BCUT2D eigenvalue weighted by Gasteiger charge is 2.07. The van der Waals surface area contributed by atoms with Crippen LogP contribution >= 0.6 is 11.6 Å². The highest BCUT2D eigenvalue weighted by molar-refractivity contribution is 7.80. The zero-order valence-corrected chi connectivity index (χ0v) is 11.2. The monoisotopic (exact) mass is 292 g/mol. The molecular weight excluding hydrogens is 280 g/mol. The van der Waals surface area contributed by atoms with Crippen LogP contribution in [0.3, 0.4) is 0 Å². The number of nitrogens with zero attached hydrogens (tertiary/aromatic N) is 1. The maximum atomic E-state index is 9.33. The van der Waals surface area contributed by atoms with Crippen LogP contribution in [0, 0.1) is 0 Å². The largest absolute Gasteiger partial charge is 0.397 e. The van der Waals surface area contributed by atoms with E-state index in [1.165, 1.54) is 0 Å². The Morgan fingerprint density at radius 3 is 2.33 bits per heavy atom. The summed E-state index contributed by atoms with van der Waals surface area (Å²) in [6, 6.07) is 7.76. The minimum absolute atomic E-state index is 0.769. The minimum atomic E-state index is -4.16. The SMILES string of the molecule is COS(=O)(=O)O.Clc1ccc(C2=NNCC2)cc1. The maximum absolute atomic E-state index is 9.33. The Bertz CT molecular complexity index is 513. The quantitative estimate of drug-likeness (QED) is 0.806. The summed E-state index contributed by atoms with van der Waals surface area (Å²) in [5.41, 5.74) is 5.21. The molecule has 0 radical (unpaired) electrons. The Kier molecular flexibility index (Phi) is 5.54. The molecule has 0 saturated heterocycles. The molecule has 8 heteroatoms. The first-order valence-corrected chi connectivity index (χ1v) is 6.75. The van der Waals surface area contributed by atoms with Gasteiger partial charge in [-0.2, -0.15) is 13.5 Å². The van der Waals surface area contributed by atoms with E-state index in [1.54, 1.807) is 0 Å². The first kappa shape index (κ1) is 14.9. The van der Waals surface area contributed by atoms with Crippen LogP contribution in [0.5, 0.6) is 0 Å². The van der Waals surface area contributed by atoms with Gasteiger partial charge in [0.05, 0.1) is 12.8 Å². The summed E-state index contributed by atoms with van der Waals surface area (Å²) in [5, 5.41) is 4.93. The molecule has 18 heavy (non-hydrogen) atoms. The van der Waals surface area contributed by atoms with Gasteiger partial charge in [-0.1, -0.05) is 23.7 Å². The summed E-state index contributed by atoms with van der Waals surface area (Å²) in [6.07, 6.45) is 1.00. The summed E-state index contributed by atoms with van der Waals surface area (Å²) >= 11 is 5.76. The average Bonchev–Trinajstić information content (AvgIpc) is 2.83. The van der Waals surface area contributed by atoms with Gasteiger partial charge in [-0.15, -0.1) is 0 Å². The molecular formula is C10H13ClN2O4S. The Morgan fingerprint density at radius 1 is 1.39 bits per heavy atom. The van der Waals surface area contributed by atoms with Gasteiger partial charge in [0.2, 0.25) is 0 Å². The van der Waals surface area contributed by atoms with E-state index in [9.17, 15) is 8.42 Å². The van der Waals surface area contributed by atoms with Crippen LogP contribution in [0.2, 0.25) is 5.02 Å². The molecule has 1 aliphatic heterocycles. The second kappa shape index (κ2) is 6.69. The summed E-state index contributed by atoms with van der Waals surface area (Å²) in [7, 11) is -3.29. The number of halogens is 1. The molecule has 2 rings (SSSR count). The lowest BCUT2D eigenvalue weighted by atomic mass is 10.1. The van der Waals surface area contributed by atoms with Gasteiger partial charge in [0.15, 0.2) is 0 Å². The van der Waals surface area contributed by atoms with E-state index in [2.05, 4.69) is 14.7 Å². The predicted octanol–water partition coefficient (Wildman–Crippen LogP) is 1.47. The van der Waals surface area contributed by atoms with Crippen LogP contribution in [0.25, 0.3) is 0 Å². The first-order chi connectivity index (χ1) is 8.42. The summed E-state index contributed by atoms with van der Waals surface area (Å²) in [4.78, 5) is 0. The molecule has 2 N–H and O–H groups in total. The van der Waals surface area contributed by atoms with Crippen molar-refractivity contribution in [1.82, 2.24) is 5.43 Å². The lowest BCUT2D eigenvalue weighted by molar-refractivity contribution is 0.324. The highest BCUT2D eigenvalue weighted by atomic mass is 35.5. The van der Waals surface area contributed by atoms with Gasteiger partial charge in [-0.3, -0.25) is 8.74 Å². The summed E-state index contributed by atoms with van der Waals surface area (Å²) < 4.78 is 29.7. The maximum Gasteiger partial charge on any atom is 0.397 e. The normalized spacial score (nSPS) is 14.3. The lowest BCUT2D eigenvalue weighted by Gasteiger charge is -1.97. The fourth-order valence-corrected chi connectivity index (χ4v) is 1.36. The van der Waals surface area contributed by atoms with Crippen molar-refractivity contribution in [3.05, 3.63) is 34.9 Å². The van der Waals surface area contributed by atoms with Crippen LogP contribution in [0.4, 0.5) is 0 Å². The molecule has 6 nitrogen and oxygen atoms in total. The molecule has 1 aromatic carbocycles. The molecule has 1 aromatic rings. The first-order valence-electron chi connectivity index (χ1n) is 5.01. The van der Waals surface area contributed by atoms with Crippen LogP contribution in [-0.2, 0) is 14.6 Å². The molecule has 0 bridgehead atoms. The Balaban J connectivity index is 0.000000232. The Labute approximate surface area is 111 Å². The molecule has 0 spiro atoms. The summed E-state index contributed by atoms with van der Waals surface area (Å²) in [6.45, 7) is 0.942. The fraction of sp³-hybridized carbons (Fsp3) is 0.300. The molecule has 0 atom stereocenters. The van der Waals surface area contributed by atoms with E-state index < -0.39 is 10.4 Å². The fourth-order valence-electron chi connectivity index (χ4n) is 1.23. The molecule has 0 aromatic heterocycles. The van der Waals surface area contributed by atoms with Gasteiger partial charge in [0.1, 0.15) is 0 Å². The van der Waals surface area contributed by atoms with Crippen LogP contribution in [-0.4, -0.2) is 32.3 Å². The molecule has 0 amide bonds. The van der Waals surface area contributed by atoms with Gasteiger partial charge in [0, 0.05) is 18.0 Å². The molecule has 0 fully saturated rings. The minimum Gasteiger partial charge on any atom is -0.309 e. The third-order valence-corrected chi connectivity index (χ3v) is 2.75. The molecule has 0 unspecified atom stereocenters. The van der Waals surface area contributed by atoms with Crippen molar-refractivity contribution in [2.24, 2.45) is 5.10 Å². The summed E-state index contributed by atoms with van der Waals surface area (Å²) in [5.74, 6) is 0. The zero-order chi connectivity index (χ0) is 13.6. The smallest absolute Gasteiger partial charge is 0.309 e. The number of hydrazone groups is 1.